The summed E-state index contributed by atoms with van der Waals surface area (Å²) in [5.41, 5.74) is 0.162. The Bertz CT molecular complexity index is 400. The molecule has 1 rings (SSSR count). The van der Waals surface area contributed by atoms with Crippen molar-refractivity contribution in [2.45, 2.75) is 4.83 Å². The van der Waals surface area contributed by atoms with Gasteiger partial charge in [0.2, 0.25) is 0 Å². The summed E-state index contributed by atoms with van der Waals surface area (Å²) >= 11 is 9.10. The van der Waals surface area contributed by atoms with Gasteiger partial charge in [0.25, 0.3) is 5.91 Å². The molecule has 0 radical (unpaired) electrons. The molecule has 6 heteroatoms. The largest absolute Gasteiger partial charge is 0.507 e. The van der Waals surface area contributed by atoms with Crippen LogP contribution in [-0.2, 0) is 4.74 Å². The van der Waals surface area contributed by atoms with Gasteiger partial charge in [-0.15, -0.1) is 0 Å². The van der Waals surface area contributed by atoms with Crippen LogP contribution in [-0.4, -0.2) is 36.1 Å². The third-order valence-corrected chi connectivity index (χ3v) is 2.86. The van der Waals surface area contributed by atoms with Gasteiger partial charge in [0.1, 0.15) is 5.75 Å². The normalized spacial score (nSPS) is 12.2. The summed E-state index contributed by atoms with van der Waals surface area (Å²) in [6, 6.07) is 4.33. The van der Waals surface area contributed by atoms with E-state index >= 15 is 0 Å². The predicted octanol–water partition coefficient (Wildman–Crippen LogP) is 2.19. The number of halogens is 2. The number of ether oxygens (including phenoxy) is 1. The summed E-state index contributed by atoms with van der Waals surface area (Å²) in [4.78, 5) is 11.8. The first-order chi connectivity index (χ1) is 8.04. The summed E-state index contributed by atoms with van der Waals surface area (Å²) in [5, 5.41) is 12.6. The molecule has 0 saturated heterocycles. The molecule has 0 fully saturated rings. The summed E-state index contributed by atoms with van der Waals surface area (Å²) in [6.45, 7) is 0.889. The zero-order valence-electron chi connectivity index (χ0n) is 9.24. The van der Waals surface area contributed by atoms with Crippen molar-refractivity contribution < 1.29 is 14.6 Å². The van der Waals surface area contributed by atoms with Crippen LogP contribution < -0.4 is 5.32 Å². The maximum atomic E-state index is 11.7. The number of aromatic hydroxyl groups is 1. The Balaban J connectivity index is 2.61. The molecule has 0 saturated carbocycles. The van der Waals surface area contributed by atoms with Gasteiger partial charge in [-0.3, -0.25) is 4.79 Å². The highest BCUT2D eigenvalue weighted by molar-refractivity contribution is 9.09. The van der Waals surface area contributed by atoms with Crippen molar-refractivity contribution in [1.29, 1.82) is 0 Å². The molecule has 0 aliphatic heterocycles. The van der Waals surface area contributed by atoms with Crippen molar-refractivity contribution in [2.24, 2.45) is 0 Å². The van der Waals surface area contributed by atoms with Crippen LogP contribution in [0.3, 0.4) is 0 Å². The van der Waals surface area contributed by atoms with Crippen LogP contribution in [0.2, 0.25) is 5.02 Å². The van der Waals surface area contributed by atoms with E-state index in [9.17, 15) is 9.90 Å². The van der Waals surface area contributed by atoms with Crippen molar-refractivity contribution in [2.75, 3.05) is 20.3 Å². The number of nitrogens with one attached hydrogen (secondary N) is 1. The molecule has 0 aliphatic carbocycles. The van der Waals surface area contributed by atoms with E-state index < -0.39 is 0 Å². The van der Waals surface area contributed by atoms with Crippen molar-refractivity contribution in [3.63, 3.8) is 0 Å². The molecule has 2 N–H and O–H groups in total. The van der Waals surface area contributed by atoms with E-state index in [1.807, 2.05) is 0 Å². The lowest BCUT2D eigenvalue weighted by atomic mass is 10.2. The fraction of sp³-hybridized carbons (Fsp3) is 0.364. The monoisotopic (exact) mass is 321 g/mol. The number of phenols is 1. The lowest BCUT2D eigenvalue weighted by Gasteiger charge is -2.11. The maximum Gasteiger partial charge on any atom is 0.255 e. The highest BCUT2D eigenvalue weighted by Crippen LogP contribution is 2.21. The molecular formula is C11H13BrClNO3. The Morgan fingerprint density at radius 2 is 2.35 bits per heavy atom. The van der Waals surface area contributed by atoms with Crippen LogP contribution in [0.15, 0.2) is 18.2 Å². The van der Waals surface area contributed by atoms with Crippen LogP contribution in [0.4, 0.5) is 0 Å². The Kier molecular flexibility index (Phi) is 5.74. The zero-order chi connectivity index (χ0) is 12.8. The highest BCUT2D eigenvalue weighted by atomic mass is 79.9. The highest BCUT2D eigenvalue weighted by Gasteiger charge is 2.13. The quantitative estimate of drug-likeness (QED) is 0.817. The number of methoxy groups -OCH3 is 1. The lowest BCUT2D eigenvalue weighted by Crippen LogP contribution is -2.31. The van der Waals surface area contributed by atoms with Crippen molar-refractivity contribution >= 4 is 33.4 Å². The summed E-state index contributed by atoms with van der Waals surface area (Å²) in [5.74, 6) is -0.463. The molecule has 94 valence electrons. The molecule has 0 aliphatic rings. The molecule has 1 unspecified atom stereocenters. The molecule has 17 heavy (non-hydrogen) atoms. The van der Waals surface area contributed by atoms with E-state index in [0.29, 0.717) is 18.2 Å². The predicted molar refractivity (Wildman–Crippen MR) is 70.0 cm³/mol. The van der Waals surface area contributed by atoms with Gasteiger partial charge in [0, 0.05) is 18.7 Å². The molecular weight excluding hydrogens is 309 g/mol. The average Bonchev–Trinajstić information content (AvgIpc) is 2.29. The number of phenolic OH excluding ortho intramolecular Hbond substituents is 1. The molecule has 4 nitrogen and oxygen atoms in total. The fourth-order valence-corrected chi connectivity index (χ4v) is 1.83. The van der Waals surface area contributed by atoms with Gasteiger partial charge in [-0.2, -0.15) is 0 Å². The van der Waals surface area contributed by atoms with Gasteiger partial charge in [-0.1, -0.05) is 27.5 Å². The van der Waals surface area contributed by atoms with E-state index in [1.54, 1.807) is 7.11 Å². The first-order valence-corrected chi connectivity index (χ1v) is 6.23. The fourth-order valence-electron chi connectivity index (χ4n) is 1.23. The summed E-state index contributed by atoms with van der Waals surface area (Å²) < 4.78 is 4.92. The molecule has 1 amide bonds. The first kappa shape index (κ1) is 14.3. The van der Waals surface area contributed by atoms with Crippen molar-refractivity contribution in [3.05, 3.63) is 28.8 Å². The third-order valence-electron chi connectivity index (χ3n) is 2.03. The molecule has 1 aromatic carbocycles. The summed E-state index contributed by atoms with van der Waals surface area (Å²) in [7, 11) is 1.58. The number of hydrogen-bond acceptors (Lipinski definition) is 3. The second kappa shape index (κ2) is 6.83. The van der Waals surface area contributed by atoms with E-state index in [-0.39, 0.29) is 22.0 Å². The van der Waals surface area contributed by atoms with Crippen molar-refractivity contribution in [3.8, 4) is 5.75 Å². The maximum absolute atomic E-state index is 11.7. The minimum absolute atomic E-state index is 0.0257. The molecule has 0 aromatic heterocycles. The van der Waals surface area contributed by atoms with Gasteiger partial charge < -0.3 is 15.2 Å². The van der Waals surface area contributed by atoms with Gasteiger partial charge in [-0.05, 0) is 18.2 Å². The topological polar surface area (TPSA) is 58.6 Å². The second-order valence-electron chi connectivity index (χ2n) is 3.42. The molecule has 0 heterocycles. The number of hydrogen-bond donors (Lipinski definition) is 2. The number of amides is 1. The zero-order valence-corrected chi connectivity index (χ0v) is 11.6. The van der Waals surface area contributed by atoms with E-state index in [0.717, 1.165) is 0 Å². The average molecular weight is 323 g/mol. The van der Waals surface area contributed by atoms with Gasteiger partial charge >= 0.3 is 0 Å². The smallest absolute Gasteiger partial charge is 0.255 e. The SMILES string of the molecule is COCC(Br)CNC(=O)c1cc(Cl)ccc1O. The Morgan fingerprint density at radius 3 is 3.00 bits per heavy atom. The number of carbonyl (C=O) groups is 1. The molecule has 0 spiro atoms. The van der Waals surface area contributed by atoms with E-state index in [4.69, 9.17) is 16.3 Å². The second-order valence-corrected chi connectivity index (χ2v) is 5.16. The van der Waals surface area contributed by atoms with Crippen LogP contribution in [0.5, 0.6) is 5.75 Å². The molecule has 1 atom stereocenters. The molecule has 0 bridgehead atoms. The number of benzene rings is 1. The Hall–Kier alpha value is -0.780. The van der Waals surface area contributed by atoms with E-state index in [2.05, 4.69) is 21.2 Å². The van der Waals surface area contributed by atoms with E-state index in [1.165, 1.54) is 18.2 Å². The number of alkyl halides is 1. The van der Waals surface area contributed by atoms with Crippen LogP contribution >= 0.6 is 27.5 Å². The minimum Gasteiger partial charge on any atom is -0.507 e. The van der Waals surface area contributed by atoms with Gasteiger partial charge in [0.05, 0.1) is 17.0 Å². The third kappa shape index (κ3) is 4.53. The number of rotatable bonds is 5. The van der Waals surface area contributed by atoms with Gasteiger partial charge in [0.15, 0.2) is 0 Å². The molecule has 1 aromatic rings. The van der Waals surface area contributed by atoms with Crippen LogP contribution in [0.1, 0.15) is 10.4 Å². The van der Waals surface area contributed by atoms with Crippen LogP contribution in [0.25, 0.3) is 0 Å². The van der Waals surface area contributed by atoms with Gasteiger partial charge in [-0.25, -0.2) is 0 Å². The standard InChI is InChI=1S/C11H13BrClNO3/c1-17-6-7(12)5-14-11(16)9-4-8(13)2-3-10(9)15/h2-4,7,15H,5-6H2,1H3,(H,14,16). The van der Waals surface area contributed by atoms with Crippen molar-refractivity contribution in [1.82, 2.24) is 5.32 Å². The first-order valence-electron chi connectivity index (χ1n) is 4.94. The summed E-state index contributed by atoms with van der Waals surface area (Å²) in [6.07, 6.45) is 0. The Morgan fingerprint density at radius 1 is 1.65 bits per heavy atom. The lowest BCUT2D eigenvalue weighted by molar-refractivity contribution is 0.0947. The Labute approximate surface area is 113 Å². The number of carbonyl (C=O) groups excluding carboxylic acids is 1. The van der Waals surface area contributed by atoms with Crippen LogP contribution in [0, 0.1) is 0 Å². The minimum atomic E-state index is -0.370.